The van der Waals surface area contributed by atoms with E-state index in [-0.39, 0.29) is 11.6 Å². The SMILES string of the molecule is Cc1cccc2nc(CN[C@@H](C)c3ccc(Cl)cc3)cc(=O)n12. The maximum Gasteiger partial charge on any atom is 0.258 e. The smallest absolute Gasteiger partial charge is 0.258 e. The van der Waals surface area contributed by atoms with Crippen molar-refractivity contribution >= 4 is 17.2 Å². The number of benzene rings is 1. The van der Waals surface area contributed by atoms with Crippen molar-refractivity contribution in [3.63, 3.8) is 0 Å². The van der Waals surface area contributed by atoms with Gasteiger partial charge in [-0.15, -0.1) is 0 Å². The Labute approximate surface area is 139 Å². The average molecular weight is 328 g/mol. The van der Waals surface area contributed by atoms with E-state index >= 15 is 0 Å². The third-order valence-corrected chi connectivity index (χ3v) is 4.14. The molecule has 23 heavy (non-hydrogen) atoms. The monoisotopic (exact) mass is 327 g/mol. The molecule has 0 saturated carbocycles. The van der Waals surface area contributed by atoms with Crippen LogP contribution < -0.4 is 10.9 Å². The number of fused-ring (bicyclic) bond motifs is 1. The van der Waals surface area contributed by atoms with Crippen molar-refractivity contribution in [2.24, 2.45) is 0 Å². The van der Waals surface area contributed by atoms with Gasteiger partial charge in [0.05, 0.1) is 5.69 Å². The fraction of sp³-hybridized carbons (Fsp3) is 0.222. The Balaban J connectivity index is 1.79. The minimum absolute atomic E-state index is 0.0518. The lowest BCUT2D eigenvalue weighted by Crippen LogP contribution is -2.23. The summed E-state index contributed by atoms with van der Waals surface area (Å²) in [5.41, 5.74) is 3.38. The van der Waals surface area contributed by atoms with Crippen LogP contribution in [-0.4, -0.2) is 9.38 Å². The van der Waals surface area contributed by atoms with Crippen molar-refractivity contribution in [1.29, 1.82) is 0 Å². The molecule has 3 aromatic rings. The third-order valence-electron chi connectivity index (χ3n) is 3.89. The molecule has 0 aliphatic carbocycles. The second-order valence-corrected chi connectivity index (χ2v) is 6.04. The Morgan fingerprint density at radius 1 is 1.22 bits per heavy atom. The minimum Gasteiger partial charge on any atom is -0.305 e. The molecule has 1 atom stereocenters. The van der Waals surface area contributed by atoms with Gasteiger partial charge in [0.15, 0.2) is 0 Å². The molecule has 0 fully saturated rings. The molecule has 0 radical (unpaired) electrons. The van der Waals surface area contributed by atoms with Gasteiger partial charge < -0.3 is 5.32 Å². The van der Waals surface area contributed by atoms with Crippen molar-refractivity contribution < 1.29 is 0 Å². The molecule has 2 aromatic heterocycles. The standard InChI is InChI=1S/C18H18ClN3O/c1-12-4-3-5-17-21-16(10-18(23)22(12)17)11-20-13(2)14-6-8-15(19)9-7-14/h3-10,13,20H,11H2,1-2H3/t13-/m0/s1. The number of rotatable bonds is 4. The number of hydrogen-bond acceptors (Lipinski definition) is 3. The molecule has 0 aliphatic rings. The van der Waals surface area contributed by atoms with E-state index in [1.807, 2.05) is 49.4 Å². The molecule has 0 unspecified atom stereocenters. The van der Waals surface area contributed by atoms with E-state index in [0.717, 1.165) is 22.0 Å². The number of pyridine rings is 1. The maximum absolute atomic E-state index is 12.3. The molecular formula is C18H18ClN3O. The quantitative estimate of drug-likeness (QED) is 0.797. The van der Waals surface area contributed by atoms with Crippen LogP contribution in [0.25, 0.3) is 5.65 Å². The fourth-order valence-electron chi connectivity index (χ4n) is 2.58. The molecule has 4 nitrogen and oxygen atoms in total. The number of nitrogens with zero attached hydrogens (tertiary/aromatic N) is 2. The number of halogens is 1. The zero-order chi connectivity index (χ0) is 16.4. The van der Waals surface area contributed by atoms with E-state index in [9.17, 15) is 4.79 Å². The summed E-state index contributed by atoms with van der Waals surface area (Å²) < 4.78 is 1.62. The van der Waals surface area contributed by atoms with Gasteiger partial charge in [-0.05, 0) is 43.7 Å². The zero-order valence-corrected chi connectivity index (χ0v) is 13.8. The van der Waals surface area contributed by atoms with Crippen molar-refractivity contribution in [3.05, 3.63) is 80.9 Å². The van der Waals surface area contributed by atoms with Gasteiger partial charge in [-0.3, -0.25) is 9.20 Å². The Bertz CT molecular complexity index is 887. The Hall–Kier alpha value is -2.17. The van der Waals surface area contributed by atoms with Crippen LogP contribution in [0.4, 0.5) is 0 Å². The highest BCUT2D eigenvalue weighted by molar-refractivity contribution is 6.30. The lowest BCUT2D eigenvalue weighted by molar-refractivity contribution is 0.567. The van der Waals surface area contributed by atoms with Crippen molar-refractivity contribution in [2.75, 3.05) is 0 Å². The summed E-state index contributed by atoms with van der Waals surface area (Å²) in [4.78, 5) is 16.8. The van der Waals surface area contributed by atoms with E-state index in [2.05, 4.69) is 17.2 Å². The van der Waals surface area contributed by atoms with Crippen LogP contribution in [0.15, 0.2) is 53.3 Å². The van der Waals surface area contributed by atoms with Crippen LogP contribution in [0.3, 0.4) is 0 Å². The van der Waals surface area contributed by atoms with Gasteiger partial charge in [-0.2, -0.15) is 0 Å². The van der Waals surface area contributed by atoms with Gasteiger partial charge in [0.1, 0.15) is 5.65 Å². The summed E-state index contributed by atoms with van der Waals surface area (Å²) in [5, 5.41) is 4.11. The van der Waals surface area contributed by atoms with Gasteiger partial charge >= 0.3 is 0 Å². The van der Waals surface area contributed by atoms with E-state index in [1.165, 1.54) is 0 Å². The first-order valence-electron chi connectivity index (χ1n) is 7.52. The highest BCUT2D eigenvalue weighted by Crippen LogP contribution is 2.16. The zero-order valence-electron chi connectivity index (χ0n) is 13.1. The number of aryl methyl sites for hydroxylation is 1. The Kier molecular flexibility index (Phi) is 4.46. The molecule has 118 valence electrons. The molecule has 0 spiro atoms. The summed E-state index contributed by atoms with van der Waals surface area (Å²) in [6, 6.07) is 15.1. The molecule has 3 rings (SSSR count). The average Bonchev–Trinajstić information content (AvgIpc) is 2.53. The van der Waals surface area contributed by atoms with Crippen LogP contribution in [0.2, 0.25) is 5.02 Å². The van der Waals surface area contributed by atoms with Gasteiger partial charge in [-0.25, -0.2) is 4.98 Å². The van der Waals surface area contributed by atoms with Crippen LogP contribution >= 0.6 is 11.6 Å². The largest absolute Gasteiger partial charge is 0.305 e. The molecule has 5 heteroatoms. The first kappa shape index (κ1) is 15.7. The lowest BCUT2D eigenvalue weighted by atomic mass is 10.1. The Morgan fingerprint density at radius 2 is 1.96 bits per heavy atom. The summed E-state index contributed by atoms with van der Waals surface area (Å²) in [7, 11) is 0. The van der Waals surface area contributed by atoms with Gasteiger partial charge in [0.2, 0.25) is 0 Å². The molecule has 0 amide bonds. The minimum atomic E-state index is -0.0518. The lowest BCUT2D eigenvalue weighted by Gasteiger charge is -2.14. The number of aromatic nitrogens is 2. The number of nitrogens with one attached hydrogen (secondary N) is 1. The summed E-state index contributed by atoms with van der Waals surface area (Å²) in [6.07, 6.45) is 0. The maximum atomic E-state index is 12.3. The summed E-state index contributed by atoms with van der Waals surface area (Å²) in [6.45, 7) is 4.50. The van der Waals surface area contributed by atoms with Gasteiger partial charge in [0, 0.05) is 29.4 Å². The summed E-state index contributed by atoms with van der Waals surface area (Å²) >= 11 is 5.91. The molecule has 0 aliphatic heterocycles. The molecule has 0 saturated heterocycles. The highest BCUT2D eigenvalue weighted by Gasteiger charge is 2.08. The fourth-order valence-corrected chi connectivity index (χ4v) is 2.71. The van der Waals surface area contributed by atoms with E-state index in [0.29, 0.717) is 12.2 Å². The van der Waals surface area contributed by atoms with Crippen molar-refractivity contribution in [2.45, 2.75) is 26.4 Å². The van der Waals surface area contributed by atoms with E-state index in [4.69, 9.17) is 11.6 Å². The first-order valence-corrected chi connectivity index (χ1v) is 7.89. The van der Waals surface area contributed by atoms with Crippen molar-refractivity contribution in [3.8, 4) is 0 Å². The normalized spacial score (nSPS) is 12.5. The van der Waals surface area contributed by atoms with E-state index < -0.39 is 0 Å². The van der Waals surface area contributed by atoms with Gasteiger partial charge in [-0.1, -0.05) is 29.8 Å². The summed E-state index contributed by atoms with van der Waals surface area (Å²) in [5.74, 6) is 0. The first-order chi connectivity index (χ1) is 11.0. The predicted molar refractivity (Wildman–Crippen MR) is 92.9 cm³/mol. The molecule has 2 heterocycles. The van der Waals surface area contributed by atoms with Gasteiger partial charge in [0.25, 0.3) is 5.56 Å². The van der Waals surface area contributed by atoms with Crippen LogP contribution in [0, 0.1) is 6.92 Å². The Morgan fingerprint density at radius 3 is 2.70 bits per heavy atom. The van der Waals surface area contributed by atoms with Crippen LogP contribution in [-0.2, 0) is 6.54 Å². The van der Waals surface area contributed by atoms with E-state index in [1.54, 1.807) is 10.5 Å². The van der Waals surface area contributed by atoms with Crippen LogP contribution in [0.1, 0.15) is 29.9 Å². The molecule has 0 bridgehead atoms. The number of hydrogen-bond donors (Lipinski definition) is 1. The third kappa shape index (κ3) is 3.44. The van der Waals surface area contributed by atoms with Crippen molar-refractivity contribution in [1.82, 2.24) is 14.7 Å². The second-order valence-electron chi connectivity index (χ2n) is 5.60. The molecule has 1 N–H and O–H groups in total. The molecular weight excluding hydrogens is 310 g/mol. The molecule has 1 aromatic carbocycles. The van der Waals surface area contributed by atoms with Crippen LogP contribution in [0.5, 0.6) is 0 Å². The predicted octanol–water partition coefficient (Wildman–Crippen LogP) is 3.51. The second kappa shape index (κ2) is 6.52. The highest BCUT2D eigenvalue weighted by atomic mass is 35.5. The topological polar surface area (TPSA) is 46.4 Å².